The zero-order valence-corrected chi connectivity index (χ0v) is 19.4. The van der Waals surface area contributed by atoms with Crippen LogP contribution in [0.2, 0.25) is 0 Å². The minimum atomic E-state index is -0.318. The van der Waals surface area contributed by atoms with Crippen molar-refractivity contribution in [1.29, 1.82) is 0 Å². The van der Waals surface area contributed by atoms with E-state index in [4.69, 9.17) is 10.5 Å². The number of nitrogens with zero attached hydrogens (tertiary/aromatic N) is 3. The summed E-state index contributed by atoms with van der Waals surface area (Å²) in [6.45, 7) is 8.80. The van der Waals surface area contributed by atoms with Gasteiger partial charge in [0.05, 0.1) is 13.2 Å². The molecule has 32 heavy (non-hydrogen) atoms. The third-order valence-corrected chi connectivity index (χ3v) is 7.41. The molecule has 7 heteroatoms. The standard InChI is InChI=1S/C25H38N4O3/c1-2-10-29(21-7-6-20-4-3-5-22(24(26)30)23(20)17-21)18-19-8-11-27(12-9-19)25(31)28-13-15-32-16-14-28/h3-5,19,21H,2,6-18H2,1H3,(H2,26,30). The molecule has 2 N–H and O–H groups in total. The van der Waals surface area contributed by atoms with Crippen LogP contribution < -0.4 is 5.73 Å². The molecule has 0 bridgehead atoms. The predicted molar refractivity (Wildman–Crippen MR) is 125 cm³/mol. The van der Waals surface area contributed by atoms with E-state index < -0.39 is 0 Å². The number of benzene rings is 1. The van der Waals surface area contributed by atoms with Gasteiger partial charge in [-0.15, -0.1) is 0 Å². The molecule has 2 saturated heterocycles. The van der Waals surface area contributed by atoms with Gasteiger partial charge in [-0.05, 0) is 68.2 Å². The van der Waals surface area contributed by atoms with Gasteiger partial charge in [0.2, 0.25) is 5.91 Å². The number of carbonyl (C=O) groups excluding carboxylic acids is 2. The summed E-state index contributed by atoms with van der Waals surface area (Å²) >= 11 is 0. The highest BCUT2D eigenvalue weighted by Crippen LogP contribution is 2.29. The molecule has 1 aliphatic carbocycles. The molecule has 3 amide bonds. The van der Waals surface area contributed by atoms with Gasteiger partial charge in [0.15, 0.2) is 0 Å². The van der Waals surface area contributed by atoms with Gasteiger partial charge in [0.1, 0.15) is 0 Å². The predicted octanol–water partition coefficient (Wildman–Crippen LogP) is 2.52. The number of carbonyl (C=O) groups is 2. The molecule has 1 unspecified atom stereocenters. The molecule has 0 saturated carbocycles. The lowest BCUT2D eigenvalue weighted by atomic mass is 9.83. The second-order valence-corrected chi connectivity index (χ2v) is 9.51. The highest BCUT2D eigenvalue weighted by molar-refractivity contribution is 5.94. The van der Waals surface area contributed by atoms with E-state index in [1.54, 1.807) is 0 Å². The molecule has 2 fully saturated rings. The maximum atomic E-state index is 12.8. The topological polar surface area (TPSA) is 79.1 Å². The van der Waals surface area contributed by atoms with Crippen LogP contribution >= 0.6 is 0 Å². The normalized spacial score (nSPS) is 22.1. The molecule has 0 spiro atoms. The van der Waals surface area contributed by atoms with Gasteiger partial charge in [-0.3, -0.25) is 9.69 Å². The van der Waals surface area contributed by atoms with Crippen LogP contribution in [0.4, 0.5) is 4.79 Å². The molecule has 2 aliphatic heterocycles. The lowest BCUT2D eigenvalue weighted by molar-refractivity contribution is 0.0383. The fraction of sp³-hybridized carbons (Fsp3) is 0.680. The quantitative estimate of drug-likeness (QED) is 0.734. The Morgan fingerprint density at radius 2 is 1.81 bits per heavy atom. The van der Waals surface area contributed by atoms with Crippen LogP contribution in [0.25, 0.3) is 0 Å². The molecule has 1 atom stereocenters. The Labute approximate surface area is 191 Å². The first kappa shape index (κ1) is 23.1. The summed E-state index contributed by atoms with van der Waals surface area (Å²) in [6, 6.07) is 6.60. The zero-order valence-electron chi connectivity index (χ0n) is 19.4. The highest BCUT2D eigenvalue weighted by atomic mass is 16.5. The van der Waals surface area contributed by atoms with Gasteiger partial charge in [0, 0.05) is 44.3 Å². The van der Waals surface area contributed by atoms with E-state index in [0.29, 0.717) is 43.8 Å². The fourth-order valence-corrected chi connectivity index (χ4v) is 5.62. The first-order valence-corrected chi connectivity index (χ1v) is 12.3. The fourth-order valence-electron chi connectivity index (χ4n) is 5.62. The molecule has 1 aromatic carbocycles. The molecule has 4 rings (SSSR count). The Morgan fingerprint density at radius 1 is 1.09 bits per heavy atom. The molecular weight excluding hydrogens is 404 g/mol. The Bertz CT molecular complexity index is 800. The molecule has 2 heterocycles. The average molecular weight is 443 g/mol. The Hall–Kier alpha value is -2.12. The number of hydrogen-bond acceptors (Lipinski definition) is 4. The third-order valence-electron chi connectivity index (χ3n) is 7.41. The summed E-state index contributed by atoms with van der Waals surface area (Å²) in [4.78, 5) is 31.3. The second kappa shape index (κ2) is 10.7. The van der Waals surface area contributed by atoms with Crippen LogP contribution in [0.5, 0.6) is 0 Å². The Kier molecular flexibility index (Phi) is 7.68. The van der Waals surface area contributed by atoms with Crippen molar-refractivity contribution in [2.75, 3.05) is 52.5 Å². The minimum Gasteiger partial charge on any atom is -0.378 e. The van der Waals surface area contributed by atoms with Crippen LogP contribution in [0.3, 0.4) is 0 Å². The van der Waals surface area contributed by atoms with Gasteiger partial charge >= 0.3 is 6.03 Å². The van der Waals surface area contributed by atoms with Gasteiger partial charge < -0.3 is 20.3 Å². The van der Waals surface area contributed by atoms with Crippen LogP contribution in [0, 0.1) is 5.92 Å². The lowest BCUT2D eigenvalue weighted by Crippen LogP contribution is -2.51. The second-order valence-electron chi connectivity index (χ2n) is 9.51. The van der Waals surface area contributed by atoms with E-state index in [1.165, 1.54) is 5.56 Å². The van der Waals surface area contributed by atoms with Crippen LogP contribution in [-0.4, -0.2) is 85.2 Å². The largest absolute Gasteiger partial charge is 0.378 e. The van der Waals surface area contributed by atoms with Gasteiger partial charge in [-0.1, -0.05) is 19.1 Å². The van der Waals surface area contributed by atoms with Gasteiger partial charge in [-0.25, -0.2) is 4.79 Å². The first-order valence-electron chi connectivity index (χ1n) is 12.3. The SMILES string of the molecule is CCCN(CC1CCN(C(=O)N2CCOCC2)CC1)C1CCc2cccc(C(N)=O)c2C1. The van der Waals surface area contributed by atoms with E-state index in [1.807, 2.05) is 21.9 Å². The van der Waals surface area contributed by atoms with Gasteiger partial charge in [0.25, 0.3) is 0 Å². The molecule has 7 nitrogen and oxygen atoms in total. The van der Waals surface area contributed by atoms with Crippen molar-refractivity contribution < 1.29 is 14.3 Å². The number of primary amides is 1. The summed E-state index contributed by atoms with van der Waals surface area (Å²) in [7, 11) is 0. The van der Waals surface area contributed by atoms with Crippen molar-refractivity contribution in [2.45, 2.75) is 51.5 Å². The van der Waals surface area contributed by atoms with Crippen molar-refractivity contribution in [3.05, 3.63) is 34.9 Å². The molecule has 0 radical (unpaired) electrons. The number of rotatable bonds is 6. The highest BCUT2D eigenvalue weighted by Gasteiger charge is 2.31. The summed E-state index contributed by atoms with van der Waals surface area (Å²) in [5.41, 5.74) is 8.79. The van der Waals surface area contributed by atoms with E-state index in [-0.39, 0.29) is 11.9 Å². The Balaban J connectivity index is 1.34. The number of fused-ring (bicyclic) bond motifs is 1. The van der Waals surface area contributed by atoms with E-state index in [2.05, 4.69) is 17.9 Å². The number of nitrogens with two attached hydrogens (primary N) is 1. The van der Waals surface area contributed by atoms with Crippen LogP contribution in [0.15, 0.2) is 18.2 Å². The molecule has 1 aromatic rings. The number of aryl methyl sites for hydroxylation is 1. The maximum absolute atomic E-state index is 12.8. The van der Waals surface area contributed by atoms with E-state index in [9.17, 15) is 9.59 Å². The molecule has 0 aromatic heterocycles. The van der Waals surface area contributed by atoms with Crippen molar-refractivity contribution in [1.82, 2.24) is 14.7 Å². The number of likely N-dealkylation sites (tertiary alicyclic amines) is 1. The maximum Gasteiger partial charge on any atom is 0.320 e. The molecular formula is C25H38N4O3. The monoisotopic (exact) mass is 442 g/mol. The van der Waals surface area contributed by atoms with Crippen molar-refractivity contribution >= 4 is 11.9 Å². The summed E-state index contributed by atoms with van der Waals surface area (Å²) in [5.74, 6) is 0.296. The number of piperidine rings is 1. The number of amides is 3. The third kappa shape index (κ3) is 5.26. The van der Waals surface area contributed by atoms with Crippen molar-refractivity contribution in [3.63, 3.8) is 0 Å². The summed E-state index contributed by atoms with van der Waals surface area (Å²) in [6.07, 6.45) is 6.29. The van der Waals surface area contributed by atoms with Crippen molar-refractivity contribution in [3.8, 4) is 0 Å². The minimum absolute atomic E-state index is 0.181. The number of hydrogen-bond donors (Lipinski definition) is 1. The lowest BCUT2D eigenvalue weighted by Gasteiger charge is -2.41. The Morgan fingerprint density at radius 3 is 2.50 bits per heavy atom. The number of urea groups is 1. The van der Waals surface area contributed by atoms with E-state index in [0.717, 1.165) is 70.3 Å². The van der Waals surface area contributed by atoms with Crippen molar-refractivity contribution in [2.24, 2.45) is 11.7 Å². The molecule has 176 valence electrons. The van der Waals surface area contributed by atoms with Crippen LogP contribution in [0.1, 0.15) is 54.1 Å². The average Bonchev–Trinajstić information content (AvgIpc) is 2.83. The van der Waals surface area contributed by atoms with E-state index >= 15 is 0 Å². The van der Waals surface area contributed by atoms with Crippen LogP contribution in [-0.2, 0) is 17.6 Å². The summed E-state index contributed by atoms with van der Waals surface area (Å²) in [5, 5.41) is 0. The number of morpholine rings is 1. The number of ether oxygens (including phenoxy) is 1. The smallest absolute Gasteiger partial charge is 0.320 e. The zero-order chi connectivity index (χ0) is 22.5. The van der Waals surface area contributed by atoms with Gasteiger partial charge in [-0.2, -0.15) is 0 Å². The summed E-state index contributed by atoms with van der Waals surface area (Å²) < 4.78 is 5.38. The molecule has 3 aliphatic rings. The first-order chi connectivity index (χ1) is 15.6.